The van der Waals surface area contributed by atoms with Gasteiger partial charge in [-0.3, -0.25) is 9.59 Å². The van der Waals surface area contributed by atoms with Gasteiger partial charge >= 0.3 is 0 Å². The van der Waals surface area contributed by atoms with E-state index in [9.17, 15) is 9.59 Å². The van der Waals surface area contributed by atoms with E-state index in [1.807, 2.05) is 12.1 Å². The third kappa shape index (κ3) is 4.48. The molecule has 9 heteroatoms. The molecular weight excluding hydrogens is 396 g/mol. The molecule has 2 aromatic heterocycles. The predicted octanol–water partition coefficient (Wildman–Crippen LogP) is 3.12. The predicted molar refractivity (Wildman–Crippen MR) is 104 cm³/mol. The van der Waals surface area contributed by atoms with E-state index in [2.05, 4.69) is 15.5 Å². The molecule has 1 N–H and O–H groups in total. The second kappa shape index (κ2) is 8.48. The summed E-state index contributed by atoms with van der Waals surface area (Å²) in [4.78, 5) is 30.4. The van der Waals surface area contributed by atoms with Crippen LogP contribution in [-0.2, 0) is 4.79 Å². The summed E-state index contributed by atoms with van der Waals surface area (Å²) in [6, 6.07) is 10.4. The highest BCUT2D eigenvalue weighted by molar-refractivity contribution is 6.30. The van der Waals surface area contributed by atoms with E-state index in [4.69, 9.17) is 20.5 Å². The largest absolute Gasteiger partial charge is 0.459 e. The third-order valence-electron chi connectivity index (χ3n) is 4.89. The lowest BCUT2D eigenvalue weighted by Crippen LogP contribution is -2.43. The average Bonchev–Trinajstić information content (AvgIpc) is 3.45. The molecule has 3 aromatic rings. The summed E-state index contributed by atoms with van der Waals surface area (Å²) in [6.45, 7) is 1.07. The van der Waals surface area contributed by atoms with Gasteiger partial charge in [-0.15, -0.1) is 0 Å². The summed E-state index contributed by atoms with van der Waals surface area (Å²) in [5.41, 5.74) is 0.837. The summed E-state index contributed by atoms with van der Waals surface area (Å²) >= 11 is 5.91. The number of likely N-dealkylation sites (tertiary alicyclic amines) is 1. The zero-order valence-corrected chi connectivity index (χ0v) is 16.3. The molecule has 1 saturated heterocycles. The zero-order valence-electron chi connectivity index (χ0n) is 15.5. The van der Waals surface area contributed by atoms with E-state index in [1.54, 1.807) is 29.2 Å². The number of carbonyl (C=O) groups is 2. The van der Waals surface area contributed by atoms with Crippen LogP contribution >= 0.6 is 11.6 Å². The number of hydrogen-bond acceptors (Lipinski definition) is 6. The molecule has 3 heterocycles. The highest BCUT2D eigenvalue weighted by Crippen LogP contribution is 2.28. The smallest absolute Gasteiger partial charge is 0.287 e. The van der Waals surface area contributed by atoms with Crippen molar-refractivity contribution in [2.24, 2.45) is 0 Å². The lowest BCUT2D eigenvalue weighted by Gasteiger charge is -2.30. The van der Waals surface area contributed by atoms with Gasteiger partial charge in [0, 0.05) is 29.6 Å². The molecule has 1 aliphatic heterocycles. The second-order valence-electron chi connectivity index (χ2n) is 6.78. The monoisotopic (exact) mass is 414 g/mol. The zero-order chi connectivity index (χ0) is 20.2. The normalized spacial score (nSPS) is 14.7. The first kappa shape index (κ1) is 19.2. The average molecular weight is 415 g/mol. The van der Waals surface area contributed by atoms with Crippen molar-refractivity contribution in [3.63, 3.8) is 0 Å². The Kier molecular flexibility index (Phi) is 5.62. The number of carbonyl (C=O) groups excluding carboxylic acids is 2. The van der Waals surface area contributed by atoms with Crippen LogP contribution < -0.4 is 5.32 Å². The van der Waals surface area contributed by atoms with E-state index in [-0.39, 0.29) is 24.1 Å². The summed E-state index contributed by atoms with van der Waals surface area (Å²) in [7, 11) is 0. The number of aromatic nitrogens is 2. The summed E-state index contributed by atoms with van der Waals surface area (Å²) in [5.74, 6) is 0.855. The number of hydrogen-bond donors (Lipinski definition) is 1. The Balaban J connectivity index is 1.28. The Hall–Kier alpha value is -3.13. The van der Waals surface area contributed by atoms with Gasteiger partial charge in [0.2, 0.25) is 17.6 Å². The summed E-state index contributed by atoms with van der Waals surface area (Å²) in [5, 5.41) is 7.28. The van der Waals surface area contributed by atoms with Gasteiger partial charge in [-0.05, 0) is 49.2 Å². The van der Waals surface area contributed by atoms with Crippen molar-refractivity contribution in [1.82, 2.24) is 20.4 Å². The van der Waals surface area contributed by atoms with Gasteiger partial charge in [-0.1, -0.05) is 16.8 Å². The van der Waals surface area contributed by atoms with Crippen molar-refractivity contribution in [2.45, 2.75) is 18.8 Å². The molecule has 0 spiro atoms. The molecule has 0 bridgehead atoms. The molecule has 0 aliphatic carbocycles. The Morgan fingerprint density at radius 2 is 1.93 bits per heavy atom. The molecule has 0 radical (unpaired) electrons. The Morgan fingerprint density at radius 3 is 2.62 bits per heavy atom. The molecule has 1 fully saturated rings. The maximum absolute atomic E-state index is 12.4. The van der Waals surface area contributed by atoms with Crippen LogP contribution in [0.4, 0.5) is 0 Å². The van der Waals surface area contributed by atoms with Crippen molar-refractivity contribution in [1.29, 1.82) is 0 Å². The molecule has 1 aliphatic rings. The van der Waals surface area contributed by atoms with Crippen molar-refractivity contribution >= 4 is 23.4 Å². The lowest BCUT2D eigenvalue weighted by molar-refractivity contribution is -0.131. The van der Waals surface area contributed by atoms with E-state index in [0.29, 0.717) is 29.8 Å². The van der Waals surface area contributed by atoms with Crippen molar-refractivity contribution in [2.75, 3.05) is 19.6 Å². The molecule has 4 rings (SSSR count). The lowest BCUT2D eigenvalue weighted by atomic mass is 9.96. The molecule has 150 valence electrons. The fourth-order valence-electron chi connectivity index (χ4n) is 3.26. The molecule has 2 amide bonds. The fourth-order valence-corrected chi connectivity index (χ4v) is 3.38. The van der Waals surface area contributed by atoms with E-state index < -0.39 is 5.91 Å². The first-order valence-electron chi connectivity index (χ1n) is 9.29. The van der Waals surface area contributed by atoms with Crippen LogP contribution in [0.2, 0.25) is 5.02 Å². The minimum Gasteiger partial charge on any atom is -0.459 e. The van der Waals surface area contributed by atoms with E-state index in [1.165, 1.54) is 6.26 Å². The molecule has 0 atom stereocenters. The van der Waals surface area contributed by atoms with Gasteiger partial charge in [0.1, 0.15) is 0 Å². The highest BCUT2D eigenvalue weighted by Gasteiger charge is 2.28. The maximum atomic E-state index is 12.4. The van der Waals surface area contributed by atoms with Crippen LogP contribution in [0.5, 0.6) is 0 Å². The van der Waals surface area contributed by atoms with Crippen molar-refractivity contribution < 1.29 is 18.5 Å². The number of halogens is 1. The standard InChI is InChI=1S/C20H19ClN4O4/c21-15-5-3-13(4-6-15)18-23-20(29-24-18)14-7-9-25(10-8-14)17(26)12-22-19(27)16-2-1-11-28-16/h1-6,11,14H,7-10,12H2,(H,22,27). The van der Waals surface area contributed by atoms with Gasteiger partial charge in [0.15, 0.2) is 5.76 Å². The SMILES string of the molecule is O=C(NCC(=O)N1CCC(c2nc(-c3ccc(Cl)cc3)no2)CC1)c1ccco1. The minimum absolute atomic E-state index is 0.0640. The van der Waals surface area contributed by atoms with Crippen LogP contribution in [0.1, 0.15) is 35.2 Å². The Labute approximate surface area is 171 Å². The molecule has 29 heavy (non-hydrogen) atoms. The number of piperidine rings is 1. The number of nitrogens with zero attached hydrogens (tertiary/aromatic N) is 3. The van der Waals surface area contributed by atoms with Gasteiger partial charge in [-0.2, -0.15) is 4.98 Å². The number of furan rings is 1. The Morgan fingerprint density at radius 1 is 1.17 bits per heavy atom. The van der Waals surface area contributed by atoms with E-state index >= 15 is 0 Å². The molecular formula is C20H19ClN4O4. The van der Waals surface area contributed by atoms with Crippen LogP contribution in [0.3, 0.4) is 0 Å². The Bertz CT molecular complexity index is 976. The first-order valence-corrected chi connectivity index (χ1v) is 9.67. The quantitative estimate of drug-likeness (QED) is 0.688. The van der Waals surface area contributed by atoms with Gasteiger partial charge < -0.3 is 19.2 Å². The van der Waals surface area contributed by atoms with Gasteiger partial charge in [0.25, 0.3) is 5.91 Å². The maximum Gasteiger partial charge on any atom is 0.287 e. The number of nitrogens with one attached hydrogen (secondary N) is 1. The van der Waals surface area contributed by atoms with Crippen LogP contribution in [0.15, 0.2) is 51.6 Å². The first-order chi connectivity index (χ1) is 14.1. The van der Waals surface area contributed by atoms with Gasteiger partial charge in [-0.25, -0.2) is 0 Å². The van der Waals surface area contributed by atoms with Gasteiger partial charge in [0.05, 0.1) is 12.8 Å². The van der Waals surface area contributed by atoms with Crippen LogP contribution in [-0.4, -0.2) is 46.5 Å². The molecule has 8 nitrogen and oxygen atoms in total. The summed E-state index contributed by atoms with van der Waals surface area (Å²) < 4.78 is 10.4. The highest BCUT2D eigenvalue weighted by atomic mass is 35.5. The van der Waals surface area contributed by atoms with Crippen molar-refractivity contribution in [3.8, 4) is 11.4 Å². The van der Waals surface area contributed by atoms with E-state index in [0.717, 1.165) is 18.4 Å². The van der Waals surface area contributed by atoms with Crippen LogP contribution in [0.25, 0.3) is 11.4 Å². The summed E-state index contributed by atoms with van der Waals surface area (Å²) in [6.07, 6.45) is 2.86. The minimum atomic E-state index is -0.404. The second-order valence-corrected chi connectivity index (χ2v) is 7.21. The molecule has 0 unspecified atom stereocenters. The molecule has 0 saturated carbocycles. The number of rotatable bonds is 5. The topological polar surface area (TPSA) is 101 Å². The fraction of sp³-hybridized carbons (Fsp3) is 0.300. The molecule has 1 aromatic carbocycles. The van der Waals surface area contributed by atoms with Crippen molar-refractivity contribution in [3.05, 3.63) is 59.3 Å². The van der Waals surface area contributed by atoms with Crippen LogP contribution in [0, 0.1) is 0 Å². The number of amides is 2. The third-order valence-corrected chi connectivity index (χ3v) is 5.14. The number of benzene rings is 1.